The first-order valence-corrected chi connectivity index (χ1v) is 8.52. The Bertz CT molecular complexity index is 1050. The number of hydrogen-bond donors (Lipinski definition) is 3. The number of halogens is 3. The minimum absolute atomic E-state index is 0.107. The van der Waals surface area contributed by atoms with Crippen LogP contribution in [0, 0.1) is 0 Å². The molecule has 1 unspecified atom stereocenters. The van der Waals surface area contributed by atoms with Crippen LogP contribution in [0.2, 0.25) is 0 Å². The predicted octanol–water partition coefficient (Wildman–Crippen LogP) is 2.98. The Morgan fingerprint density at radius 3 is 2.55 bits per heavy atom. The van der Waals surface area contributed by atoms with Crippen LogP contribution in [0.25, 0.3) is 10.9 Å². The molecule has 2 aromatic carbocycles. The molecule has 1 atom stereocenters. The van der Waals surface area contributed by atoms with Crippen molar-refractivity contribution in [1.29, 1.82) is 0 Å². The maximum absolute atomic E-state index is 12.8. The third kappa shape index (κ3) is 4.88. The Hall–Kier alpha value is -3.46. The molecule has 0 saturated heterocycles. The number of rotatable bonds is 5. The van der Waals surface area contributed by atoms with Gasteiger partial charge in [0.05, 0.1) is 23.3 Å². The lowest BCUT2D eigenvalue weighted by Crippen LogP contribution is -2.46. The van der Waals surface area contributed by atoms with E-state index < -0.39 is 36.2 Å². The molecule has 0 aliphatic rings. The number of nitrogens with one attached hydrogen (secondary N) is 2. The van der Waals surface area contributed by atoms with Gasteiger partial charge in [0.25, 0.3) is 5.91 Å². The van der Waals surface area contributed by atoms with E-state index in [4.69, 9.17) is 0 Å². The zero-order valence-corrected chi connectivity index (χ0v) is 14.9. The lowest BCUT2D eigenvalue weighted by atomic mass is 10.1. The van der Waals surface area contributed by atoms with Crippen LogP contribution < -0.4 is 10.6 Å². The van der Waals surface area contributed by atoms with Gasteiger partial charge in [-0.2, -0.15) is 13.2 Å². The molecule has 0 fully saturated rings. The number of para-hydroxylation sites is 1. The minimum atomic E-state index is -4.56. The van der Waals surface area contributed by atoms with E-state index in [1.54, 1.807) is 30.3 Å². The number of anilines is 1. The van der Waals surface area contributed by atoms with Crippen LogP contribution in [0.3, 0.4) is 0 Å². The number of aliphatic hydroxyl groups is 1. The molecule has 3 N–H and O–H groups in total. The van der Waals surface area contributed by atoms with E-state index in [1.165, 1.54) is 12.3 Å². The molecule has 150 valence electrons. The number of alkyl halides is 3. The molecular formula is C20H16F3N3O3. The van der Waals surface area contributed by atoms with Gasteiger partial charge in [-0.25, -0.2) is 0 Å². The number of carbonyl (C=O) groups is 2. The first kappa shape index (κ1) is 20.3. The summed E-state index contributed by atoms with van der Waals surface area (Å²) in [6.07, 6.45) is -3.23. The van der Waals surface area contributed by atoms with Crippen molar-refractivity contribution in [3.63, 3.8) is 0 Å². The molecule has 0 aliphatic heterocycles. The summed E-state index contributed by atoms with van der Waals surface area (Å²) in [6.45, 7) is -0.739. The number of pyridine rings is 1. The summed E-state index contributed by atoms with van der Waals surface area (Å²) in [6, 6.07) is 11.4. The molecule has 1 heterocycles. The van der Waals surface area contributed by atoms with Crippen molar-refractivity contribution < 1.29 is 27.9 Å². The van der Waals surface area contributed by atoms with Crippen LogP contribution >= 0.6 is 0 Å². The van der Waals surface area contributed by atoms with Crippen LogP contribution in [0.1, 0.15) is 15.9 Å². The molecule has 3 aromatic rings. The average molecular weight is 403 g/mol. The number of carbonyl (C=O) groups excluding carboxylic acids is 2. The Morgan fingerprint density at radius 2 is 1.83 bits per heavy atom. The highest BCUT2D eigenvalue weighted by Gasteiger charge is 2.30. The second-order valence-electron chi connectivity index (χ2n) is 6.19. The van der Waals surface area contributed by atoms with E-state index in [0.29, 0.717) is 10.9 Å². The van der Waals surface area contributed by atoms with Crippen LogP contribution in [-0.2, 0) is 11.0 Å². The summed E-state index contributed by atoms with van der Waals surface area (Å²) < 4.78 is 38.4. The maximum Gasteiger partial charge on any atom is 0.416 e. The van der Waals surface area contributed by atoms with Crippen molar-refractivity contribution in [3.8, 4) is 0 Å². The Morgan fingerprint density at radius 1 is 1.07 bits per heavy atom. The van der Waals surface area contributed by atoms with E-state index in [9.17, 15) is 27.9 Å². The highest BCUT2D eigenvalue weighted by Crippen LogP contribution is 2.30. The Labute approximate surface area is 163 Å². The molecule has 3 rings (SSSR count). The molecule has 0 bridgehead atoms. The smallest absolute Gasteiger partial charge is 0.394 e. The molecule has 0 radical (unpaired) electrons. The number of hydrogen-bond acceptors (Lipinski definition) is 4. The van der Waals surface area contributed by atoms with Crippen LogP contribution in [-0.4, -0.2) is 34.6 Å². The zero-order valence-electron chi connectivity index (χ0n) is 14.9. The lowest BCUT2D eigenvalue weighted by molar-refractivity contribution is -0.137. The molecule has 0 saturated carbocycles. The normalized spacial score (nSPS) is 12.4. The van der Waals surface area contributed by atoms with Gasteiger partial charge in [0.1, 0.15) is 6.04 Å². The van der Waals surface area contributed by atoms with E-state index in [2.05, 4.69) is 15.6 Å². The summed E-state index contributed by atoms with van der Waals surface area (Å²) in [4.78, 5) is 28.9. The number of nitrogens with zero attached hydrogens (tertiary/aromatic N) is 1. The SMILES string of the molecule is O=C(NC(CO)C(=O)Nc1cccc(C(F)(F)F)c1)c1cnc2ccccc2c1. The molecule has 9 heteroatoms. The zero-order chi connectivity index (χ0) is 21.0. The van der Waals surface area contributed by atoms with Gasteiger partial charge in [-0.05, 0) is 30.3 Å². The monoisotopic (exact) mass is 403 g/mol. The summed E-state index contributed by atoms with van der Waals surface area (Å²) >= 11 is 0. The quantitative estimate of drug-likeness (QED) is 0.611. The summed E-state index contributed by atoms with van der Waals surface area (Å²) in [7, 11) is 0. The number of aliphatic hydroxyl groups excluding tert-OH is 1. The molecule has 0 spiro atoms. The number of benzene rings is 2. The van der Waals surface area contributed by atoms with Crippen LogP contribution in [0.4, 0.5) is 18.9 Å². The van der Waals surface area contributed by atoms with Crippen molar-refractivity contribution in [3.05, 3.63) is 71.9 Å². The van der Waals surface area contributed by atoms with Gasteiger partial charge in [-0.3, -0.25) is 14.6 Å². The van der Waals surface area contributed by atoms with Gasteiger partial charge < -0.3 is 15.7 Å². The van der Waals surface area contributed by atoms with Gasteiger partial charge in [0.15, 0.2) is 0 Å². The minimum Gasteiger partial charge on any atom is -0.394 e. The van der Waals surface area contributed by atoms with Crippen molar-refractivity contribution in [2.24, 2.45) is 0 Å². The molecule has 29 heavy (non-hydrogen) atoms. The molecular weight excluding hydrogens is 387 g/mol. The van der Waals surface area contributed by atoms with Crippen LogP contribution in [0.5, 0.6) is 0 Å². The van der Waals surface area contributed by atoms with Gasteiger partial charge in [-0.15, -0.1) is 0 Å². The third-order valence-corrected chi connectivity index (χ3v) is 4.11. The summed E-state index contributed by atoms with van der Waals surface area (Å²) in [5.74, 6) is -1.50. The fourth-order valence-electron chi connectivity index (χ4n) is 2.63. The summed E-state index contributed by atoms with van der Waals surface area (Å²) in [5, 5.41) is 14.8. The molecule has 6 nitrogen and oxygen atoms in total. The van der Waals surface area contributed by atoms with Crippen molar-refractivity contribution in [2.75, 3.05) is 11.9 Å². The van der Waals surface area contributed by atoms with Gasteiger partial charge in [0.2, 0.25) is 5.91 Å². The summed E-state index contributed by atoms with van der Waals surface area (Å²) in [5.41, 5.74) is -0.175. The molecule has 0 aliphatic carbocycles. The van der Waals surface area contributed by atoms with Crippen LogP contribution in [0.15, 0.2) is 60.8 Å². The third-order valence-electron chi connectivity index (χ3n) is 4.11. The second kappa shape index (κ2) is 8.27. The van der Waals surface area contributed by atoms with Gasteiger partial charge in [-0.1, -0.05) is 24.3 Å². The Balaban J connectivity index is 1.71. The predicted molar refractivity (Wildman–Crippen MR) is 100 cm³/mol. The topological polar surface area (TPSA) is 91.3 Å². The number of fused-ring (bicyclic) bond motifs is 1. The largest absolute Gasteiger partial charge is 0.416 e. The lowest BCUT2D eigenvalue weighted by Gasteiger charge is -2.17. The average Bonchev–Trinajstić information content (AvgIpc) is 2.71. The van der Waals surface area contributed by atoms with E-state index in [0.717, 1.165) is 18.2 Å². The Kier molecular flexibility index (Phi) is 5.79. The van der Waals surface area contributed by atoms with Crippen molar-refractivity contribution in [1.82, 2.24) is 10.3 Å². The van der Waals surface area contributed by atoms with Gasteiger partial charge >= 0.3 is 6.18 Å². The maximum atomic E-state index is 12.8. The number of amides is 2. The fourth-order valence-corrected chi connectivity index (χ4v) is 2.63. The van der Waals surface area contributed by atoms with E-state index in [1.807, 2.05) is 0 Å². The molecule has 1 aromatic heterocycles. The number of aromatic nitrogens is 1. The van der Waals surface area contributed by atoms with Crippen molar-refractivity contribution >= 4 is 28.4 Å². The fraction of sp³-hybridized carbons (Fsp3) is 0.150. The van der Waals surface area contributed by atoms with E-state index in [-0.39, 0.29) is 11.3 Å². The first-order valence-electron chi connectivity index (χ1n) is 8.52. The van der Waals surface area contributed by atoms with Gasteiger partial charge in [0, 0.05) is 17.3 Å². The van der Waals surface area contributed by atoms with Crippen molar-refractivity contribution in [2.45, 2.75) is 12.2 Å². The highest BCUT2D eigenvalue weighted by molar-refractivity contribution is 6.02. The van der Waals surface area contributed by atoms with E-state index >= 15 is 0 Å². The standard InChI is InChI=1S/C20H16F3N3O3/c21-20(22,23)14-5-3-6-15(9-14)25-19(29)17(11-27)26-18(28)13-8-12-4-1-2-7-16(12)24-10-13/h1-10,17,27H,11H2,(H,25,29)(H,26,28). The highest BCUT2D eigenvalue weighted by atomic mass is 19.4. The first-order chi connectivity index (χ1) is 13.8. The molecule has 2 amide bonds. The second-order valence-corrected chi connectivity index (χ2v) is 6.19.